The maximum atomic E-state index is 8.89. The fourth-order valence-electron chi connectivity index (χ4n) is 5.04. The van der Waals surface area contributed by atoms with Crippen LogP contribution in [0.15, 0.2) is 144 Å². The molecule has 0 aliphatic rings. The van der Waals surface area contributed by atoms with Gasteiger partial charge in [-0.3, -0.25) is 0 Å². The predicted molar refractivity (Wildman–Crippen MR) is 163 cm³/mol. The molecular weight excluding hydrogens is 476 g/mol. The highest BCUT2D eigenvalue weighted by atomic mass is 16.3. The van der Waals surface area contributed by atoms with Crippen molar-refractivity contribution >= 4 is 55.1 Å². The van der Waals surface area contributed by atoms with E-state index in [9.17, 15) is 0 Å². The van der Waals surface area contributed by atoms with Gasteiger partial charge in [0.25, 0.3) is 0 Å². The Kier molecular flexibility index (Phi) is 2.77. The average Bonchev–Trinajstić information content (AvgIpc) is 3.71. The van der Waals surface area contributed by atoms with Crippen molar-refractivity contribution in [3.63, 3.8) is 0 Å². The van der Waals surface area contributed by atoms with Crippen LogP contribution in [0, 0.1) is 0 Å². The van der Waals surface area contributed by atoms with Crippen molar-refractivity contribution in [3.8, 4) is 16.8 Å². The van der Waals surface area contributed by atoms with Gasteiger partial charge in [-0.05, 0) is 47.5 Å². The molecule has 0 fully saturated rings. The molecular formula is C36H24N2O. The lowest BCUT2D eigenvalue weighted by molar-refractivity contribution is 0.667. The highest BCUT2D eigenvalue weighted by Gasteiger charge is 2.18. The van der Waals surface area contributed by atoms with Crippen molar-refractivity contribution in [2.75, 3.05) is 5.32 Å². The number of fused-ring (bicyclic) bond motifs is 6. The van der Waals surface area contributed by atoms with Crippen molar-refractivity contribution in [2.45, 2.75) is 0 Å². The first kappa shape index (κ1) is 12.5. The van der Waals surface area contributed by atoms with Crippen LogP contribution in [-0.2, 0) is 0 Å². The largest absolute Gasteiger partial charge is 0.452 e. The minimum atomic E-state index is -0.530. The molecule has 2 heterocycles. The second kappa shape index (κ2) is 8.64. The molecule has 6 aromatic carbocycles. The van der Waals surface area contributed by atoms with Gasteiger partial charge in [0, 0.05) is 27.2 Å². The van der Waals surface area contributed by atoms with E-state index in [1.54, 1.807) is 48.5 Å². The maximum absolute atomic E-state index is 8.89. The van der Waals surface area contributed by atoms with Gasteiger partial charge in [-0.15, -0.1) is 0 Å². The number of nitrogens with one attached hydrogen (secondary N) is 1. The quantitative estimate of drug-likeness (QED) is 0.254. The topological polar surface area (TPSA) is 30.1 Å². The molecule has 0 amide bonds. The highest BCUT2D eigenvalue weighted by Crippen LogP contribution is 2.40. The molecule has 0 saturated heterocycles. The number of nitrogens with zero attached hydrogens (tertiary/aromatic N) is 1. The molecule has 2 aromatic heterocycles. The van der Waals surface area contributed by atoms with Crippen LogP contribution in [-0.4, -0.2) is 4.57 Å². The molecule has 0 saturated carbocycles. The molecule has 0 atom stereocenters. The van der Waals surface area contributed by atoms with Crippen LogP contribution in [0.2, 0.25) is 0 Å². The Bertz CT molecular complexity index is 2770. The van der Waals surface area contributed by atoms with E-state index >= 15 is 0 Å². The summed E-state index contributed by atoms with van der Waals surface area (Å²) in [6.45, 7) is 0. The van der Waals surface area contributed by atoms with Gasteiger partial charge in [0.2, 0.25) is 0 Å². The van der Waals surface area contributed by atoms with Gasteiger partial charge in [0.15, 0.2) is 11.2 Å². The number of hydrogen-bond donors (Lipinski definition) is 1. The molecule has 39 heavy (non-hydrogen) atoms. The van der Waals surface area contributed by atoms with Crippen LogP contribution in [0.1, 0.15) is 17.8 Å². The molecule has 1 N–H and O–H groups in total. The van der Waals surface area contributed by atoms with Crippen LogP contribution in [0.3, 0.4) is 0 Å². The Morgan fingerprint density at radius 2 is 1.21 bits per heavy atom. The van der Waals surface area contributed by atoms with Crippen molar-refractivity contribution in [2.24, 2.45) is 0 Å². The van der Waals surface area contributed by atoms with E-state index in [2.05, 4.69) is 5.32 Å². The number of hydrogen-bond acceptors (Lipinski definition) is 2. The number of anilines is 2. The van der Waals surface area contributed by atoms with E-state index in [1.165, 1.54) is 4.57 Å². The lowest BCUT2D eigenvalue weighted by Gasteiger charge is -2.09. The fraction of sp³-hybridized carbons (Fsp3) is 0. The molecule has 8 aromatic rings. The Morgan fingerprint density at radius 3 is 1.97 bits per heavy atom. The van der Waals surface area contributed by atoms with Crippen molar-refractivity contribution in [3.05, 3.63) is 139 Å². The van der Waals surface area contributed by atoms with Gasteiger partial charge >= 0.3 is 0 Å². The molecule has 0 spiro atoms. The van der Waals surface area contributed by atoms with Gasteiger partial charge in [-0.1, -0.05) is 103 Å². The molecule has 0 aliphatic carbocycles. The predicted octanol–water partition coefficient (Wildman–Crippen LogP) is 10.1. The molecule has 184 valence electrons. The van der Waals surface area contributed by atoms with Crippen molar-refractivity contribution in [1.82, 2.24) is 4.57 Å². The van der Waals surface area contributed by atoms with Gasteiger partial charge in [-0.25, -0.2) is 0 Å². The fourth-order valence-corrected chi connectivity index (χ4v) is 5.04. The molecule has 8 rings (SSSR count). The lowest BCUT2D eigenvalue weighted by atomic mass is 10.1. The minimum absolute atomic E-state index is 0.0243. The zero-order chi connectivity index (χ0) is 37.1. The van der Waals surface area contributed by atoms with Gasteiger partial charge in [0.05, 0.1) is 40.2 Å². The second-order valence-electron chi connectivity index (χ2n) is 8.93. The smallest absolute Gasteiger partial charge is 0.159 e. The summed E-state index contributed by atoms with van der Waals surface area (Å²) < 4.78 is 118. The average molecular weight is 514 g/mol. The Morgan fingerprint density at radius 1 is 0.564 bits per heavy atom. The summed E-state index contributed by atoms with van der Waals surface area (Å²) in [6.07, 6.45) is 0. The zero-order valence-electron chi connectivity index (χ0n) is 33.1. The molecule has 3 nitrogen and oxygen atoms in total. The number of para-hydroxylation sites is 4. The summed E-state index contributed by atoms with van der Waals surface area (Å²) in [4.78, 5) is 0. The molecule has 0 aliphatic heterocycles. The van der Waals surface area contributed by atoms with E-state index in [0.717, 1.165) is 0 Å². The van der Waals surface area contributed by atoms with Gasteiger partial charge in [0.1, 0.15) is 0 Å². The summed E-state index contributed by atoms with van der Waals surface area (Å²) in [5.41, 5.74) is 2.45. The van der Waals surface area contributed by atoms with Crippen LogP contribution >= 0.6 is 0 Å². The van der Waals surface area contributed by atoms with Crippen molar-refractivity contribution < 1.29 is 22.2 Å². The number of benzene rings is 6. The van der Waals surface area contributed by atoms with Crippen LogP contribution in [0.25, 0.3) is 60.6 Å². The summed E-state index contributed by atoms with van der Waals surface area (Å²) in [7, 11) is 0. The number of furan rings is 1. The lowest BCUT2D eigenvalue weighted by Crippen LogP contribution is -1.93. The summed E-state index contributed by atoms with van der Waals surface area (Å²) in [6, 6.07) is 11.6. The third kappa shape index (κ3) is 3.44. The van der Waals surface area contributed by atoms with Gasteiger partial charge in [-0.2, -0.15) is 0 Å². The molecule has 0 unspecified atom stereocenters. The third-order valence-electron chi connectivity index (χ3n) is 6.71. The highest BCUT2D eigenvalue weighted by molar-refractivity contribution is 6.14. The zero-order valence-corrected chi connectivity index (χ0v) is 20.1. The summed E-state index contributed by atoms with van der Waals surface area (Å²) in [5, 5.41) is 4.54. The molecule has 3 heteroatoms. The third-order valence-corrected chi connectivity index (χ3v) is 6.71. The van der Waals surface area contributed by atoms with E-state index in [4.69, 9.17) is 22.2 Å². The monoisotopic (exact) mass is 513 g/mol. The van der Waals surface area contributed by atoms with E-state index in [-0.39, 0.29) is 45.1 Å². The maximum Gasteiger partial charge on any atom is 0.159 e. The first-order chi connectivity index (χ1) is 24.7. The number of rotatable bonds is 4. The summed E-state index contributed by atoms with van der Waals surface area (Å²) >= 11 is 0. The number of aromatic nitrogens is 1. The van der Waals surface area contributed by atoms with Gasteiger partial charge < -0.3 is 14.3 Å². The van der Waals surface area contributed by atoms with E-state index in [0.29, 0.717) is 38.9 Å². The normalized spacial score (nSPS) is 16.3. The standard InChI is InChI=1S/C36H24N2O/c1-2-11-24(12-3-1)25-13-8-14-26(23-25)37-31-19-9-17-29-30-18-10-22-34(36(30)39-35(29)31)38-32-20-6-4-15-27(32)28-16-5-7-21-33(28)38/h1-23,37H/i1D,2D,3D,4D,5D,6D,7D,11D,12D,15D,16D,20D,21D. The first-order valence-corrected chi connectivity index (χ1v) is 12.1. The van der Waals surface area contributed by atoms with Crippen LogP contribution < -0.4 is 5.32 Å². The second-order valence-corrected chi connectivity index (χ2v) is 8.93. The SMILES string of the molecule is [2H]c1c([2H])c([2H])c(-c2cccc(Nc3cccc4c3oc3c(-n5c6c([2H])c([2H])c([2H])c([2H])c6c6c([2H])c([2H])c([2H])c([2H])c65)cccc34)c2)c([2H])c1[2H]. The minimum Gasteiger partial charge on any atom is -0.452 e. The van der Waals surface area contributed by atoms with E-state index < -0.39 is 66.5 Å². The van der Waals surface area contributed by atoms with Crippen LogP contribution in [0.5, 0.6) is 0 Å². The van der Waals surface area contributed by atoms with Crippen LogP contribution in [0.4, 0.5) is 11.4 Å². The van der Waals surface area contributed by atoms with E-state index in [1.807, 2.05) is 12.1 Å². The molecule has 0 bridgehead atoms. The van der Waals surface area contributed by atoms with Crippen molar-refractivity contribution in [1.29, 1.82) is 0 Å². The Hall–Kier alpha value is -5.28. The Balaban J connectivity index is 1.37. The molecule has 0 radical (unpaired) electrons. The summed E-state index contributed by atoms with van der Waals surface area (Å²) in [5.74, 6) is 0. The Labute approximate surface area is 243 Å². The first-order valence-electron chi connectivity index (χ1n) is 18.6.